The third kappa shape index (κ3) is 4.06. The van der Waals surface area contributed by atoms with Crippen LogP contribution in [0.3, 0.4) is 0 Å². The van der Waals surface area contributed by atoms with E-state index >= 15 is 0 Å². The second kappa shape index (κ2) is 6.81. The molecule has 0 aromatic rings. The third-order valence-electron chi connectivity index (χ3n) is 1.77. The van der Waals surface area contributed by atoms with Crippen molar-refractivity contribution in [1.82, 2.24) is 10.2 Å². The molecule has 0 aliphatic carbocycles. The van der Waals surface area contributed by atoms with Gasteiger partial charge in [-0.25, -0.2) is 4.79 Å². The molecule has 4 nitrogen and oxygen atoms in total. The van der Waals surface area contributed by atoms with E-state index in [0.717, 1.165) is 0 Å². The molecule has 3 unspecified atom stereocenters. The summed E-state index contributed by atoms with van der Waals surface area (Å²) in [7, 11) is 0. The predicted molar refractivity (Wildman–Crippen MR) is 55.5 cm³/mol. The first-order valence-corrected chi connectivity index (χ1v) is 5.09. The minimum Gasteiger partial charge on any atom is -1.00 e. The van der Waals surface area contributed by atoms with Gasteiger partial charge < -0.3 is 6.53 Å². The molecule has 0 radical (unpaired) electrons. The molecule has 1 rings (SSSR count). The Hall–Kier alpha value is 1.32. The number of nitrogens with one attached hydrogen (secondary N) is 1. The van der Waals surface area contributed by atoms with Gasteiger partial charge in [-0.2, -0.15) is 0 Å². The van der Waals surface area contributed by atoms with Gasteiger partial charge in [-0.15, -0.1) is 35.8 Å². The summed E-state index contributed by atoms with van der Waals surface area (Å²) < 4.78 is 0. The summed E-state index contributed by atoms with van der Waals surface area (Å²) in [4.78, 5) is 12.1. The zero-order chi connectivity index (χ0) is 10.0. The van der Waals surface area contributed by atoms with Crippen LogP contribution in [0.4, 0.5) is 0 Å². The third-order valence-corrected chi connectivity index (χ3v) is 2.99. The average Bonchev–Trinajstić information content (AvgIpc) is 2.08. The van der Waals surface area contributed by atoms with E-state index in [1.54, 1.807) is 0 Å². The van der Waals surface area contributed by atoms with Crippen LogP contribution in [-0.2, 0) is 4.79 Å². The Balaban J connectivity index is 0. The number of carboxylic acids is 1. The van der Waals surface area contributed by atoms with E-state index in [1.165, 1.54) is 4.90 Å². The molecular formula is C6H11Cl2N2NaO2S. The van der Waals surface area contributed by atoms with Crippen molar-refractivity contribution in [3.05, 3.63) is 0 Å². The van der Waals surface area contributed by atoms with Gasteiger partial charge in [0.05, 0.1) is 11.0 Å². The standard InChI is InChI=1S/C6H10Cl2N2O2S.Na.H/c7-3-2-10(4(8)1-9-3)5(13)6(11)12;;/h3-5,9,13H,1-2H2,(H,11,12);;/q;+1;-1. The molecular weight excluding hydrogens is 258 g/mol. The van der Waals surface area contributed by atoms with E-state index < -0.39 is 11.3 Å². The minimum absolute atomic E-state index is 0. The molecule has 1 fully saturated rings. The molecule has 1 heterocycles. The number of thiol groups is 1. The van der Waals surface area contributed by atoms with Crippen LogP contribution in [0.5, 0.6) is 0 Å². The fraction of sp³-hybridized carbons (Fsp3) is 0.833. The Morgan fingerprint density at radius 1 is 1.71 bits per heavy atom. The molecule has 0 saturated carbocycles. The van der Waals surface area contributed by atoms with Gasteiger partial charge in [0.25, 0.3) is 0 Å². The molecule has 1 aliphatic heterocycles. The quantitative estimate of drug-likeness (QED) is 0.224. The fourth-order valence-electron chi connectivity index (χ4n) is 1.10. The first-order chi connectivity index (χ1) is 6.02. The van der Waals surface area contributed by atoms with Crippen LogP contribution < -0.4 is 34.9 Å². The zero-order valence-electron chi connectivity index (χ0n) is 8.65. The maximum atomic E-state index is 10.6. The second-order valence-corrected chi connectivity index (χ2v) is 4.24. The van der Waals surface area contributed by atoms with Crippen molar-refractivity contribution in [1.29, 1.82) is 0 Å². The van der Waals surface area contributed by atoms with Crippen LogP contribution in [0.25, 0.3) is 0 Å². The van der Waals surface area contributed by atoms with Crippen LogP contribution in [0.2, 0.25) is 0 Å². The average molecular weight is 269 g/mol. The molecule has 1 saturated heterocycles. The van der Waals surface area contributed by atoms with Gasteiger partial charge in [-0.3, -0.25) is 10.2 Å². The number of rotatable bonds is 2. The van der Waals surface area contributed by atoms with E-state index in [4.69, 9.17) is 28.3 Å². The normalized spacial score (nSPS) is 30.5. The molecule has 1 aliphatic rings. The molecule has 3 atom stereocenters. The Morgan fingerprint density at radius 3 is 2.79 bits per heavy atom. The number of piperazine rings is 1. The number of carbonyl (C=O) groups is 1. The Morgan fingerprint density at radius 2 is 2.29 bits per heavy atom. The smallest absolute Gasteiger partial charge is 1.00 e. The molecule has 8 heteroatoms. The molecule has 0 bridgehead atoms. The number of alkyl halides is 2. The van der Waals surface area contributed by atoms with Crippen molar-refractivity contribution in [3.63, 3.8) is 0 Å². The maximum Gasteiger partial charge on any atom is 1.00 e. The van der Waals surface area contributed by atoms with Crippen molar-refractivity contribution < 1.29 is 40.9 Å². The molecule has 0 aromatic carbocycles. The number of carboxylic acid groups (broad SMARTS) is 1. The summed E-state index contributed by atoms with van der Waals surface area (Å²) in [6, 6.07) is 0. The summed E-state index contributed by atoms with van der Waals surface area (Å²) >= 11 is 15.6. The van der Waals surface area contributed by atoms with Crippen molar-refractivity contribution in [2.45, 2.75) is 16.4 Å². The summed E-state index contributed by atoms with van der Waals surface area (Å²) in [6.07, 6.45) is 0. The maximum absolute atomic E-state index is 10.6. The van der Waals surface area contributed by atoms with Crippen LogP contribution >= 0.6 is 35.8 Å². The number of hydrogen-bond acceptors (Lipinski definition) is 4. The van der Waals surface area contributed by atoms with Crippen molar-refractivity contribution in [3.8, 4) is 0 Å². The van der Waals surface area contributed by atoms with Crippen LogP contribution in [0, 0.1) is 0 Å². The van der Waals surface area contributed by atoms with Crippen molar-refractivity contribution in [2.75, 3.05) is 13.1 Å². The van der Waals surface area contributed by atoms with Gasteiger partial charge in [-0.05, 0) is 0 Å². The molecule has 0 amide bonds. The van der Waals surface area contributed by atoms with E-state index in [2.05, 4.69) is 17.9 Å². The number of halogens is 2. The van der Waals surface area contributed by atoms with Crippen molar-refractivity contribution >= 4 is 41.8 Å². The summed E-state index contributed by atoms with van der Waals surface area (Å²) in [5.41, 5.74) is -0.655. The largest absolute Gasteiger partial charge is 1.00 e. The summed E-state index contributed by atoms with van der Waals surface area (Å²) in [5, 5.41) is 10.7. The second-order valence-electron chi connectivity index (χ2n) is 2.72. The zero-order valence-corrected chi connectivity index (χ0v) is 12.1. The fourth-order valence-corrected chi connectivity index (χ4v) is 1.97. The van der Waals surface area contributed by atoms with Crippen molar-refractivity contribution in [2.24, 2.45) is 0 Å². The van der Waals surface area contributed by atoms with Gasteiger partial charge in [0.2, 0.25) is 0 Å². The summed E-state index contributed by atoms with van der Waals surface area (Å²) in [5.74, 6) is -1.01. The molecule has 0 aromatic heterocycles. The van der Waals surface area contributed by atoms with E-state index in [1.807, 2.05) is 0 Å². The monoisotopic (exact) mass is 268 g/mol. The van der Waals surface area contributed by atoms with E-state index in [0.29, 0.717) is 13.1 Å². The van der Waals surface area contributed by atoms with Gasteiger partial charge in [-0.1, -0.05) is 0 Å². The minimum atomic E-state index is -1.01. The Kier molecular flexibility index (Phi) is 7.45. The van der Waals surface area contributed by atoms with Crippen LogP contribution in [0.1, 0.15) is 1.43 Å². The SMILES string of the molecule is O=C(O)C(S)N1CC(Cl)NCC1Cl.[H-].[Na+]. The molecule has 0 spiro atoms. The Labute approximate surface area is 121 Å². The Bertz CT molecular complexity index is 218. The number of nitrogens with zero attached hydrogens (tertiary/aromatic N) is 1. The first kappa shape index (κ1) is 15.3. The van der Waals surface area contributed by atoms with Crippen LogP contribution in [0.15, 0.2) is 0 Å². The van der Waals surface area contributed by atoms with E-state index in [-0.39, 0.29) is 42.0 Å². The molecule has 78 valence electrons. The van der Waals surface area contributed by atoms with Gasteiger partial charge in [0.15, 0.2) is 5.37 Å². The molecule has 2 N–H and O–H groups in total. The van der Waals surface area contributed by atoms with Gasteiger partial charge in [0, 0.05) is 13.1 Å². The number of hydrogen-bond donors (Lipinski definition) is 3. The van der Waals surface area contributed by atoms with Gasteiger partial charge >= 0.3 is 35.5 Å². The van der Waals surface area contributed by atoms with Crippen LogP contribution in [-0.4, -0.2) is 45.4 Å². The summed E-state index contributed by atoms with van der Waals surface area (Å²) in [6.45, 7) is 0.830. The van der Waals surface area contributed by atoms with Gasteiger partial charge in [0.1, 0.15) is 0 Å². The predicted octanol–water partition coefficient (Wildman–Crippen LogP) is -2.52. The van der Waals surface area contributed by atoms with E-state index in [9.17, 15) is 4.79 Å². The first-order valence-electron chi connectivity index (χ1n) is 3.70. The number of aliphatic carboxylic acids is 1. The molecule has 14 heavy (non-hydrogen) atoms. The topological polar surface area (TPSA) is 52.6 Å².